The average Bonchev–Trinajstić information content (AvgIpc) is 2.64. The fourth-order valence-electron chi connectivity index (χ4n) is 3.50. The maximum Gasteiger partial charge on any atom is 0.227 e. The maximum atomic E-state index is 13.0. The molecule has 4 heteroatoms. The topological polar surface area (TPSA) is 23.6 Å². The minimum atomic E-state index is -0.210. The summed E-state index contributed by atoms with van der Waals surface area (Å²) in [7, 11) is 1.88. The van der Waals surface area contributed by atoms with Crippen LogP contribution in [0.3, 0.4) is 0 Å². The van der Waals surface area contributed by atoms with Crippen molar-refractivity contribution in [3.8, 4) is 0 Å². The smallest absolute Gasteiger partial charge is 0.227 e. The molecule has 0 aliphatic carbocycles. The molecule has 0 bridgehead atoms. The van der Waals surface area contributed by atoms with E-state index in [0.717, 1.165) is 43.6 Å². The quantitative estimate of drug-likeness (QED) is 0.829. The fraction of sp³-hybridized carbons (Fsp3) is 0.381. The predicted molar refractivity (Wildman–Crippen MR) is 97.3 cm³/mol. The number of amides is 1. The van der Waals surface area contributed by atoms with Crippen LogP contribution in [-0.2, 0) is 17.9 Å². The molecule has 3 nitrogen and oxygen atoms in total. The summed E-state index contributed by atoms with van der Waals surface area (Å²) in [6, 6.07) is 16.7. The van der Waals surface area contributed by atoms with Gasteiger partial charge in [-0.3, -0.25) is 9.69 Å². The van der Waals surface area contributed by atoms with Crippen LogP contribution in [0.25, 0.3) is 0 Å². The summed E-state index contributed by atoms with van der Waals surface area (Å²) in [6.07, 6.45) is 1.97. The zero-order valence-electron chi connectivity index (χ0n) is 14.7. The van der Waals surface area contributed by atoms with Crippen molar-refractivity contribution >= 4 is 5.91 Å². The number of benzene rings is 2. The average molecular weight is 340 g/mol. The summed E-state index contributed by atoms with van der Waals surface area (Å²) in [5, 5.41) is 0. The van der Waals surface area contributed by atoms with Crippen molar-refractivity contribution < 1.29 is 9.18 Å². The van der Waals surface area contributed by atoms with E-state index >= 15 is 0 Å². The van der Waals surface area contributed by atoms with Crippen LogP contribution in [-0.4, -0.2) is 35.8 Å². The summed E-state index contributed by atoms with van der Waals surface area (Å²) >= 11 is 0. The van der Waals surface area contributed by atoms with Gasteiger partial charge >= 0.3 is 0 Å². The molecule has 0 spiro atoms. The van der Waals surface area contributed by atoms with Gasteiger partial charge in [-0.2, -0.15) is 0 Å². The van der Waals surface area contributed by atoms with E-state index in [9.17, 15) is 9.18 Å². The zero-order valence-corrected chi connectivity index (χ0v) is 14.7. The van der Waals surface area contributed by atoms with Crippen LogP contribution in [0.1, 0.15) is 24.0 Å². The van der Waals surface area contributed by atoms with Gasteiger partial charge in [0.1, 0.15) is 5.82 Å². The highest BCUT2D eigenvalue weighted by atomic mass is 19.1. The van der Waals surface area contributed by atoms with Crippen LogP contribution >= 0.6 is 0 Å². The van der Waals surface area contributed by atoms with E-state index < -0.39 is 0 Å². The van der Waals surface area contributed by atoms with Crippen molar-refractivity contribution in [3.63, 3.8) is 0 Å². The Morgan fingerprint density at radius 3 is 2.56 bits per heavy atom. The van der Waals surface area contributed by atoms with Gasteiger partial charge in [0.15, 0.2) is 0 Å². The lowest BCUT2D eigenvalue weighted by atomic mass is 9.96. The van der Waals surface area contributed by atoms with Crippen LogP contribution in [0, 0.1) is 11.7 Å². The maximum absolute atomic E-state index is 13.0. The van der Waals surface area contributed by atoms with Crippen LogP contribution in [0.2, 0.25) is 0 Å². The van der Waals surface area contributed by atoms with Crippen LogP contribution < -0.4 is 0 Å². The molecule has 1 aliphatic heterocycles. The molecule has 1 fully saturated rings. The Balaban J connectivity index is 1.56. The molecule has 2 aromatic rings. The number of nitrogens with zero attached hydrogens (tertiary/aromatic N) is 2. The Labute approximate surface area is 149 Å². The summed E-state index contributed by atoms with van der Waals surface area (Å²) in [4.78, 5) is 16.9. The fourth-order valence-corrected chi connectivity index (χ4v) is 3.50. The number of likely N-dealkylation sites (tertiary alicyclic amines) is 1. The Hall–Kier alpha value is -2.20. The SMILES string of the molecule is CN(Cc1ccccc1)C(=O)C1CCCN(Cc2ccc(F)cc2)C1. The highest BCUT2D eigenvalue weighted by molar-refractivity contribution is 5.78. The summed E-state index contributed by atoms with van der Waals surface area (Å²) < 4.78 is 13.0. The molecule has 1 aliphatic rings. The third-order valence-electron chi connectivity index (χ3n) is 4.81. The molecule has 0 aromatic heterocycles. The summed E-state index contributed by atoms with van der Waals surface area (Å²) in [5.74, 6) is 0.0496. The van der Waals surface area contributed by atoms with Crippen molar-refractivity contribution in [1.82, 2.24) is 9.80 Å². The van der Waals surface area contributed by atoms with E-state index in [0.29, 0.717) is 6.54 Å². The second kappa shape index (κ2) is 8.26. The first-order valence-electron chi connectivity index (χ1n) is 8.87. The van der Waals surface area contributed by atoms with Crippen LogP contribution in [0.5, 0.6) is 0 Å². The van der Waals surface area contributed by atoms with Gasteiger partial charge in [0.25, 0.3) is 0 Å². The molecule has 0 N–H and O–H groups in total. The van der Waals surface area contributed by atoms with Crippen molar-refractivity contribution in [1.29, 1.82) is 0 Å². The van der Waals surface area contributed by atoms with Gasteiger partial charge in [-0.1, -0.05) is 42.5 Å². The van der Waals surface area contributed by atoms with Gasteiger partial charge in [0.2, 0.25) is 5.91 Å². The van der Waals surface area contributed by atoms with Crippen molar-refractivity contribution in [2.75, 3.05) is 20.1 Å². The monoisotopic (exact) mass is 340 g/mol. The number of carbonyl (C=O) groups is 1. The third kappa shape index (κ3) is 4.89. The normalized spacial score (nSPS) is 18.1. The van der Waals surface area contributed by atoms with Crippen LogP contribution in [0.4, 0.5) is 4.39 Å². The molecule has 0 radical (unpaired) electrons. The predicted octanol–water partition coefficient (Wildman–Crippen LogP) is 3.70. The number of piperidine rings is 1. The number of hydrogen-bond acceptors (Lipinski definition) is 2. The first-order valence-corrected chi connectivity index (χ1v) is 8.87. The standard InChI is InChI=1S/C21H25FN2O/c1-23(14-17-6-3-2-4-7-17)21(25)19-8-5-13-24(16-19)15-18-9-11-20(22)12-10-18/h2-4,6-7,9-12,19H,5,8,13-16H2,1H3. The van der Waals surface area contributed by atoms with E-state index in [1.54, 1.807) is 0 Å². The molecule has 2 aromatic carbocycles. The molecule has 132 valence electrons. The molecular weight excluding hydrogens is 315 g/mol. The van der Waals surface area contributed by atoms with E-state index in [-0.39, 0.29) is 17.6 Å². The summed E-state index contributed by atoms with van der Waals surface area (Å²) in [6.45, 7) is 3.18. The highest BCUT2D eigenvalue weighted by Gasteiger charge is 2.27. The van der Waals surface area contributed by atoms with E-state index in [2.05, 4.69) is 4.90 Å². The first-order chi connectivity index (χ1) is 12.1. The lowest BCUT2D eigenvalue weighted by Gasteiger charge is -2.34. The lowest BCUT2D eigenvalue weighted by molar-refractivity contribution is -0.136. The molecule has 1 unspecified atom stereocenters. The third-order valence-corrected chi connectivity index (χ3v) is 4.81. The Morgan fingerprint density at radius 1 is 1.12 bits per heavy atom. The second-order valence-corrected chi connectivity index (χ2v) is 6.88. The van der Waals surface area contributed by atoms with Gasteiger partial charge < -0.3 is 4.90 Å². The molecular formula is C21H25FN2O. The second-order valence-electron chi connectivity index (χ2n) is 6.88. The number of halogens is 1. The lowest BCUT2D eigenvalue weighted by Crippen LogP contribution is -2.43. The molecule has 0 saturated carbocycles. The molecule has 1 heterocycles. The van der Waals surface area contributed by atoms with Crippen molar-refractivity contribution in [3.05, 3.63) is 71.5 Å². The minimum Gasteiger partial charge on any atom is -0.341 e. The molecule has 1 amide bonds. The van der Waals surface area contributed by atoms with E-state index in [4.69, 9.17) is 0 Å². The highest BCUT2D eigenvalue weighted by Crippen LogP contribution is 2.21. The van der Waals surface area contributed by atoms with Crippen LogP contribution in [0.15, 0.2) is 54.6 Å². The van der Waals surface area contributed by atoms with Gasteiger partial charge in [-0.25, -0.2) is 4.39 Å². The number of rotatable bonds is 5. The van der Waals surface area contributed by atoms with Gasteiger partial charge in [-0.05, 0) is 42.6 Å². The minimum absolute atomic E-state index is 0.0444. The number of carbonyl (C=O) groups excluding carboxylic acids is 1. The molecule has 25 heavy (non-hydrogen) atoms. The molecule has 3 rings (SSSR count). The Bertz CT molecular complexity index is 687. The Kier molecular flexibility index (Phi) is 5.82. The van der Waals surface area contributed by atoms with Gasteiger partial charge in [0, 0.05) is 26.7 Å². The van der Waals surface area contributed by atoms with E-state index in [1.807, 2.05) is 54.4 Å². The Morgan fingerprint density at radius 2 is 1.84 bits per heavy atom. The largest absolute Gasteiger partial charge is 0.341 e. The van der Waals surface area contributed by atoms with Gasteiger partial charge in [0.05, 0.1) is 5.92 Å². The van der Waals surface area contributed by atoms with E-state index in [1.165, 1.54) is 12.1 Å². The van der Waals surface area contributed by atoms with Crippen molar-refractivity contribution in [2.24, 2.45) is 5.92 Å². The first kappa shape index (κ1) is 17.6. The van der Waals surface area contributed by atoms with Crippen molar-refractivity contribution in [2.45, 2.75) is 25.9 Å². The molecule has 1 saturated heterocycles. The number of hydrogen-bond donors (Lipinski definition) is 0. The van der Waals surface area contributed by atoms with Gasteiger partial charge in [-0.15, -0.1) is 0 Å². The molecule has 1 atom stereocenters. The zero-order chi connectivity index (χ0) is 17.6. The summed E-state index contributed by atoms with van der Waals surface area (Å²) in [5.41, 5.74) is 2.24.